The van der Waals surface area contributed by atoms with E-state index >= 15 is 0 Å². The molecule has 1 aliphatic rings. The topological polar surface area (TPSA) is 17.1 Å². The molecule has 1 heteroatoms. The highest BCUT2D eigenvalue weighted by Gasteiger charge is 2.47. The number of rotatable bonds is 1. The minimum Gasteiger partial charge on any atom is -0.299 e. The normalized spacial score (nSPS) is 30.7. The molecule has 1 unspecified atom stereocenters. The predicted octanol–water partition coefficient (Wildman–Crippen LogP) is 2.89. The van der Waals surface area contributed by atoms with E-state index in [0.717, 1.165) is 6.42 Å². The Kier molecular flexibility index (Phi) is 2.33. The predicted molar refractivity (Wildman–Crippen MR) is 50.9 cm³/mol. The molecule has 0 aromatic heterocycles. The summed E-state index contributed by atoms with van der Waals surface area (Å²) in [7, 11) is 0. The molecule has 0 N–H and O–H groups in total. The third-order valence-electron chi connectivity index (χ3n) is 3.00. The molecular formula is C11H20O. The number of carbonyl (C=O) groups is 1. The molecule has 1 aliphatic carbocycles. The van der Waals surface area contributed by atoms with E-state index in [0.29, 0.717) is 23.5 Å². The van der Waals surface area contributed by atoms with Crippen LogP contribution in [0.25, 0.3) is 0 Å². The van der Waals surface area contributed by atoms with Crippen molar-refractivity contribution >= 4 is 5.78 Å². The van der Waals surface area contributed by atoms with Crippen molar-refractivity contribution in [3.63, 3.8) is 0 Å². The van der Waals surface area contributed by atoms with Gasteiger partial charge in [-0.25, -0.2) is 0 Å². The first kappa shape index (κ1) is 9.76. The lowest BCUT2D eigenvalue weighted by molar-refractivity contribution is -0.142. The van der Waals surface area contributed by atoms with E-state index in [1.807, 2.05) is 0 Å². The van der Waals surface area contributed by atoms with Crippen LogP contribution in [0.15, 0.2) is 0 Å². The Labute approximate surface area is 75.5 Å². The van der Waals surface area contributed by atoms with Crippen LogP contribution in [-0.2, 0) is 4.79 Å². The van der Waals surface area contributed by atoms with Gasteiger partial charge >= 0.3 is 0 Å². The van der Waals surface area contributed by atoms with Crippen LogP contribution >= 0.6 is 0 Å². The standard InChI is InChI=1S/C11H20O/c1-7(2)8-6-9(12)10(8)11(3,4)5/h7-8,10H,6H2,1-5H3/t8-,10?/m1/s1. The van der Waals surface area contributed by atoms with Crippen molar-refractivity contribution < 1.29 is 4.79 Å². The number of Topliss-reactive ketones (excluding diaryl/α,β-unsaturated/α-hetero) is 1. The molecule has 2 atom stereocenters. The molecular weight excluding hydrogens is 148 g/mol. The number of hydrogen-bond acceptors (Lipinski definition) is 1. The first-order valence-electron chi connectivity index (χ1n) is 4.86. The van der Waals surface area contributed by atoms with Crippen LogP contribution in [-0.4, -0.2) is 5.78 Å². The SMILES string of the molecule is CC(C)[C@H]1CC(=O)C1C(C)(C)C. The molecule has 70 valence electrons. The zero-order chi connectivity index (χ0) is 9.52. The van der Waals surface area contributed by atoms with Gasteiger partial charge in [-0.05, 0) is 17.3 Å². The maximum Gasteiger partial charge on any atom is 0.137 e. The molecule has 1 saturated carbocycles. The van der Waals surface area contributed by atoms with E-state index < -0.39 is 0 Å². The van der Waals surface area contributed by atoms with Crippen LogP contribution in [0.1, 0.15) is 41.0 Å². The first-order valence-corrected chi connectivity index (χ1v) is 4.86. The fourth-order valence-corrected chi connectivity index (χ4v) is 2.30. The van der Waals surface area contributed by atoms with Gasteiger partial charge in [0.1, 0.15) is 5.78 Å². The highest BCUT2D eigenvalue weighted by Crippen LogP contribution is 2.46. The van der Waals surface area contributed by atoms with Crippen molar-refractivity contribution in [1.82, 2.24) is 0 Å². The number of ketones is 1. The van der Waals surface area contributed by atoms with Gasteiger partial charge in [-0.3, -0.25) is 4.79 Å². The van der Waals surface area contributed by atoms with Gasteiger partial charge in [-0.15, -0.1) is 0 Å². The fourth-order valence-electron chi connectivity index (χ4n) is 2.30. The van der Waals surface area contributed by atoms with Crippen molar-refractivity contribution in [2.75, 3.05) is 0 Å². The van der Waals surface area contributed by atoms with Crippen molar-refractivity contribution in [2.24, 2.45) is 23.2 Å². The van der Waals surface area contributed by atoms with Gasteiger partial charge in [0.2, 0.25) is 0 Å². The lowest BCUT2D eigenvalue weighted by Crippen LogP contribution is -2.47. The largest absolute Gasteiger partial charge is 0.299 e. The van der Waals surface area contributed by atoms with Gasteiger partial charge in [0.25, 0.3) is 0 Å². The summed E-state index contributed by atoms with van der Waals surface area (Å²) in [4.78, 5) is 11.4. The van der Waals surface area contributed by atoms with Crippen molar-refractivity contribution in [3.8, 4) is 0 Å². The van der Waals surface area contributed by atoms with Gasteiger partial charge in [0, 0.05) is 12.3 Å². The molecule has 0 bridgehead atoms. The third-order valence-corrected chi connectivity index (χ3v) is 3.00. The Morgan fingerprint density at radius 1 is 1.33 bits per heavy atom. The monoisotopic (exact) mass is 168 g/mol. The number of hydrogen-bond donors (Lipinski definition) is 0. The molecule has 1 rings (SSSR count). The molecule has 0 radical (unpaired) electrons. The van der Waals surface area contributed by atoms with E-state index in [1.54, 1.807) is 0 Å². The molecule has 12 heavy (non-hydrogen) atoms. The summed E-state index contributed by atoms with van der Waals surface area (Å²) in [6, 6.07) is 0. The summed E-state index contributed by atoms with van der Waals surface area (Å²) in [6.45, 7) is 10.9. The van der Waals surface area contributed by atoms with Crippen LogP contribution in [0.3, 0.4) is 0 Å². The van der Waals surface area contributed by atoms with Gasteiger partial charge in [0.05, 0.1) is 0 Å². The Hall–Kier alpha value is -0.330. The Morgan fingerprint density at radius 3 is 2.00 bits per heavy atom. The van der Waals surface area contributed by atoms with Crippen LogP contribution in [0.5, 0.6) is 0 Å². The van der Waals surface area contributed by atoms with Gasteiger partial charge in [0.15, 0.2) is 0 Å². The second kappa shape index (κ2) is 2.86. The molecule has 0 saturated heterocycles. The highest BCUT2D eigenvalue weighted by atomic mass is 16.1. The second-order valence-corrected chi connectivity index (χ2v) is 5.42. The average Bonchev–Trinajstić information content (AvgIpc) is 1.77. The van der Waals surface area contributed by atoms with Crippen LogP contribution in [0.2, 0.25) is 0 Å². The van der Waals surface area contributed by atoms with Crippen LogP contribution < -0.4 is 0 Å². The third kappa shape index (κ3) is 1.55. The molecule has 1 fully saturated rings. The molecule has 1 nitrogen and oxygen atoms in total. The Morgan fingerprint density at radius 2 is 1.83 bits per heavy atom. The Balaban J connectivity index is 2.69. The second-order valence-electron chi connectivity index (χ2n) is 5.42. The molecule has 0 amide bonds. The maximum absolute atomic E-state index is 11.4. The molecule has 0 aromatic carbocycles. The summed E-state index contributed by atoms with van der Waals surface area (Å²) in [5.74, 6) is 2.09. The van der Waals surface area contributed by atoms with E-state index in [-0.39, 0.29) is 5.41 Å². The van der Waals surface area contributed by atoms with Crippen molar-refractivity contribution in [3.05, 3.63) is 0 Å². The maximum atomic E-state index is 11.4. The van der Waals surface area contributed by atoms with E-state index in [4.69, 9.17) is 0 Å². The van der Waals surface area contributed by atoms with Crippen molar-refractivity contribution in [1.29, 1.82) is 0 Å². The average molecular weight is 168 g/mol. The summed E-state index contributed by atoms with van der Waals surface area (Å²) in [6.07, 6.45) is 0.819. The van der Waals surface area contributed by atoms with Crippen LogP contribution in [0.4, 0.5) is 0 Å². The quantitative estimate of drug-likeness (QED) is 0.588. The van der Waals surface area contributed by atoms with Gasteiger partial charge < -0.3 is 0 Å². The molecule has 0 heterocycles. The van der Waals surface area contributed by atoms with Crippen LogP contribution in [0, 0.1) is 23.2 Å². The van der Waals surface area contributed by atoms with Gasteiger partial charge in [-0.2, -0.15) is 0 Å². The van der Waals surface area contributed by atoms with E-state index in [1.165, 1.54) is 0 Å². The van der Waals surface area contributed by atoms with Crippen molar-refractivity contribution in [2.45, 2.75) is 41.0 Å². The first-order chi connectivity index (χ1) is 5.34. The minimum absolute atomic E-state index is 0.171. The smallest absolute Gasteiger partial charge is 0.137 e. The summed E-state index contributed by atoms with van der Waals surface area (Å²) < 4.78 is 0. The highest BCUT2D eigenvalue weighted by molar-refractivity contribution is 5.88. The minimum atomic E-state index is 0.171. The zero-order valence-corrected chi connectivity index (χ0v) is 8.85. The summed E-state index contributed by atoms with van der Waals surface area (Å²) in [5, 5.41) is 0. The lowest BCUT2D eigenvalue weighted by atomic mass is 9.57. The summed E-state index contributed by atoms with van der Waals surface area (Å²) >= 11 is 0. The molecule has 0 spiro atoms. The fraction of sp³-hybridized carbons (Fsp3) is 0.909. The number of carbonyl (C=O) groups excluding carboxylic acids is 1. The summed E-state index contributed by atoms with van der Waals surface area (Å²) in [5.41, 5.74) is 0.171. The van der Waals surface area contributed by atoms with E-state index in [2.05, 4.69) is 34.6 Å². The zero-order valence-electron chi connectivity index (χ0n) is 8.85. The Bertz CT molecular complexity index is 186. The van der Waals surface area contributed by atoms with E-state index in [9.17, 15) is 4.79 Å². The lowest BCUT2D eigenvalue weighted by Gasteiger charge is -2.45. The molecule has 0 aromatic rings. The van der Waals surface area contributed by atoms with Gasteiger partial charge in [-0.1, -0.05) is 34.6 Å². The molecule has 0 aliphatic heterocycles.